The Morgan fingerprint density at radius 3 is 2.92 bits per heavy atom. The number of hydrogen-bond donors (Lipinski definition) is 0. The van der Waals surface area contributed by atoms with Crippen molar-refractivity contribution >= 4 is 0 Å². The van der Waals surface area contributed by atoms with Crippen LogP contribution in [0, 0.1) is 0 Å². The average molecular weight is 179 g/mol. The third-order valence-corrected chi connectivity index (χ3v) is 2.19. The highest BCUT2D eigenvalue weighted by Gasteiger charge is 2.22. The fourth-order valence-corrected chi connectivity index (χ4v) is 1.60. The van der Waals surface area contributed by atoms with Crippen molar-refractivity contribution in [1.82, 2.24) is 4.98 Å². The van der Waals surface area contributed by atoms with Gasteiger partial charge in [-0.1, -0.05) is 19.9 Å². The molecule has 0 saturated heterocycles. The van der Waals surface area contributed by atoms with Gasteiger partial charge in [0.1, 0.15) is 0 Å². The summed E-state index contributed by atoms with van der Waals surface area (Å²) in [6.45, 7) is 4.00. The zero-order valence-electron chi connectivity index (χ0n) is 8.58. The molecule has 72 valence electrons. The molecule has 0 spiro atoms. The summed E-state index contributed by atoms with van der Waals surface area (Å²) >= 11 is 0. The Balaban J connectivity index is 0.000000396. The molecular formula is C11H17NO. The summed E-state index contributed by atoms with van der Waals surface area (Å²) in [6.07, 6.45) is 4.27. The number of aryl methyl sites for hydroxylation is 1. The number of pyridine rings is 1. The lowest BCUT2D eigenvalue weighted by molar-refractivity contribution is 0.102. The van der Waals surface area contributed by atoms with Gasteiger partial charge in [0, 0.05) is 13.3 Å². The number of methoxy groups -OCH3 is 1. The lowest BCUT2D eigenvalue weighted by Crippen LogP contribution is -1.97. The molecular weight excluding hydrogens is 162 g/mol. The van der Waals surface area contributed by atoms with Crippen molar-refractivity contribution in [2.75, 3.05) is 7.11 Å². The van der Waals surface area contributed by atoms with Gasteiger partial charge in [0.15, 0.2) is 0 Å². The Morgan fingerprint density at radius 2 is 2.23 bits per heavy atom. The SMILES string of the molecule is CC.COC1CCc2cccnc21. The molecule has 0 radical (unpaired) electrons. The van der Waals surface area contributed by atoms with E-state index in [0.717, 1.165) is 18.5 Å². The van der Waals surface area contributed by atoms with E-state index in [1.54, 1.807) is 7.11 Å². The Labute approximate surface area is 80.0 Å². The molecule has 2 nitrogen and oxygen atoms in total. The van der Waals surface area contributed by atoms with Crippen molar-refractivity contribution in [3.63, 3.8) is 0 Å². The molecule has 1 aliphatic rings. The molecule has 13 heavy (non-hydrogen) atoms. The highest BCUT2D eigenvalue weighted by Crippen LogP contribution is 2.30. The van der Waals surface area contributed by atoms with Crippen LogP contribution in [0.3, 0.4) is 0 Å². The largest absolute Gasteiger partial charge is 0.375 e. The first-order valence-electron chi connectivity index (χ1n) is 4.88. The first-order valence-corrected chi connectivity index (χ1v) is 4.88. The summed E-state index contributed by atoms with van der Waals surface area (Å²) in [4.78, 5) is 4.29. The topological polar surface area (TPSA) is 22.1 Å². The molecule has 1 heterocycles. The van der Waals surface area contributed by atoms with Gasteiger partial charge in [-0.25, -0.2) is 0 Å². The van der Waals surface area contributed by atoms with E-state index >= 15 is 0 Å². The molecule has 0 bridgehead atoms. The maximum atomic E-state index is 5.28. The van der Waals surface area contributed by atoms with Crippen LogP contribution < -0.4 is 0 Å². The van der Waals surface area contributed by atoms with E-state index in [1.165, 1.54) is 5.56 Å². The van der Waals surface area contributed by atoms with Crippen LogP contribution in [0.4, 0.5) is 0 Å². The van der Waals surface area contributed by atoms with Crippen LogP contribution in [0.15, 0.2) is 18.3 Å². The number of nitrogens with zero attached hydrogens (tertiary/aromatic N) is 1. The number of rotatable bonds is 1. The highest BCUT2D eigenvalue weighted by molar-refractivity contribution is 5.26. The van der Waals surface area contributed by atoms with Gasteiger partial charge in [0.05, 0.1) is 11.8 Å². The minimum absolute atomic E-state index is 0.242. The highest BCUT2D eigenvalue weighted by atomic mass is 16.5. The van der Waals surface area contributed by atoms with Crippen molar-refractivity contribution in [2.24, 2.45) is 0 Å². The monoisotopic (exact) mass is 179 g/mol. The predicted molar refractivity (Wildman–Crippen MR) is 53.7 cm³/mol. The number of aromatic nitrogens is 1. The lowest BCUT2D eigenvalue weighted by Gasteiger charge is -2.06. The molecule has 0 aromatic carbocycles. The summed E-state index contributed by atoms with van der Waals surface area (Å²) in [5.41, 5.74) is 2.48. The second-order valence-corrected chi connectivity index (χ2v) is 2.81. The molecule has 0 amide bonds. The van der Waals surface area contributed by atoms with E-state index in [9.17, 15) is 0 Å². The summed E-state index contributed by atoms with van der Waals surface area (Å²) < 4.78 is 5.28. The number of ether oxygens (including phenoxy) is 1. The van der Waals surface area contributed by atoms with Crippen molar-refractivity contribution in [3.8, 4) is 0 Å². The molecule has 0 aliphatic heterocycles. The summed E-state index contributed by atoms with van der Waals surface area (Å²) in [6, 6.07) is 4.11. The van der Waals surface area contributed by atoms with Gasteiger partial charge in [-0.15, -0.1) is 0 Å². The normalized spacial score (nSPS) is 18.8. The van der Waals surface area contributed by atoms with Gasteiger partial charge < -0.3 is 4.74 Å². The first-order chi connectivity index (χ1) is 6.42. The Bertz CT molecular complexity index is 260. The van der Waals surface area contributed by atoms with Gasteiger partial charge in [-0.05, 0) is 24.5 Å². The number of hydrogen-bond acceptors (Lipinski definition) is 2. The molecule has 1 atom stereocenters. The van der Waals surface area contributed by atoms with Gasteiger partial charge in [0.2, 0.25) is 0 Å². The van der Waals surface area contributed by atoms with Crippen LogP contribution in [0.25, 0.3) is 0 Å². The van der Waals surface area contributed by atoms with E-state index < -0.39 is 0 Å². The van der Waals surface area contributed by atoms with Gasteiger partial charge in [-0.3, -0.25) is 4.98 Å². The first kappa shape index (κ1) is 10.2. The van der Waals surface area contributed by atoms with E-state index in [-0.39, 0.29) is 6.10 Å². The zero-order valence-corrected chi connectivity index (χ0v) is 8.58. The zero-order chi connectivity index (χ0) is 9.68. The van der Waals surface area contributed by atoms with E-state index in [4.69, 9.17) is 4.74 Å². The van der Waals surface area contributed by atoms with Crippen molar-refractivity contribution < 1.29 is 4.74 Å². The summed E-state index contributed by atoms with van der Waals surface area (Å²) in [5.74, 6) is 0. The minimum Gasteiger partial charge on any atom is -0.375 e. The predicted octanol–water partition coefficient (Wildman–Crippen LogP) is 2.74. The second kappa shape index (κ2) is 4.97. The molecule has 0 N–H and O–H groups in total. The van der Waals surface area contributed by atoms with E-state index in [1.807, 2.05) is 26.1 Å². The summed E-state index contributed by atoms with van der Waals surface area (Å²) in [5, 5.41) is 0. The third-order valence-electron chi connectivity index (χ3n) is 2.19. The fourth-order valence-electron chi connectivity index (χ4n) is 1.60. The van der Waals surface area contributed by atoms with Crippen molar-refractivity contribution in [3.05, 3.63) is 29.6 Å². The Morgan fingerprint density at radius 1 is 1.46 bits per heavy atom. The Kier molecular flexibility index (Phi) is 3.90. The quantitative estimate of drug-likeness (QED) is 0.661. The third kappa shape index (κ3) is 2.07. The van der Waals surface area contributed by atoms with Crippen molar-refractivity contribution in [2.45, 2.75) is 32.8 Å². The fraction of sp³-hybridized carbons (Fsp3) is 0.545. The lowest BCUT2D eigenvalue weighted by atomic mass is 10.2. The Hall–Kier alpha value is -0.890. The molecule has 1 unspecified atom stereocenters. The van der Waals surface area contributed by atoms with E-state index in [2.05, 4.69) is 11.1 Å². The average Bonchev–Trinajstić information content (AvgIpc) is 2.64. The smallest absolute Gasteiger partial charge is 0.0996 e. The second-order valence-electron chi connectivity index (χ2n) is 2.81. The van der Waals surface area contributed by atoms with Crippen LogP contribution in [0.2, 0.25) is 0 Å². The van der Waals surface area contributed by atoms with Gasteiger partial charge in [-0.2, -0.15) is 0 Å². The van der Waals surface area contributed by atoms with Crippen molar-refractivity contribution in [1.29, 1.82) is 0 Å². The maximum Gasteiger partial charge on any atom is 0.0996 e. The maximum absolute atomic E-state index is 5.28. The molecule has 1 aromatic heterocycles. The van der Waals surface area contributed by atoms with Crippen LogP contribution in [-0.4, -0.2) is 12.1 Å². The number of fused-ring (bicyclic) bond motifs is 1. The van der Waals surface area contributed by atoms with Gasteiger partial charge >= 0.3 is 0 Å². The van der Waals surface area contributed by atoms with Crippen LogP contribution in [-0.2, 0) is 11.2 Å². The van der Waals surface area contributed by atoms with Crippen LogP contribution >= 0.6 is 0 Å². The molecule has 0 saturated carbocycles. The van der Waals surface area contributed by atoms with E-state index in [0.29, 0.717) is 0 Å². The van der Waals surface area contributed by atoms with Crippen LogP contribution in [0.1, 0.15) is 37.6 Å². The van der Waals surface area contributed by atoms with Gasteiger partial charge in [0.25, 0.3) is 0 Å². The van der Waals surface area contributed by atoms with Crippen LogP contribution in [0.5, 0.6) is 0 Å². The summed E-state index contributed by atoms with van der Waals surface area (Å²) in [7, 11) is 1.74. The molecule has 1 aromatic rings. The molecule has 1 aliphatic carbocycles. The minimum atomic E-state index is 0.242. The molecule has 0 fully saturated rings. The standard InChI is InChI=1S/C9H11NO.C2H6/c1-11-8-5-4-7-3-2-6-10-9(7)8;1-2/h2-3,6,8H,4-5H2,1H3;1-2H3. The molecule has 2 rings (SSSR count). The molecule has 2 heteroatoms.